The number of rotatable bonds is 1. The van der Waals surface area contributed by atoms with E-state index >= 15 is 0 Å². The molecule has 0 fully saturated rings. The van der Waals surface area contributed by atoms with Gasteiger partial charge in [-0.2, -0.15) is 4.99 Å². The molecule has 0 saturated heterocycles. The maximum atomic E-state index is 13.3. The van der Waals surface area contributed by atoms with Crippen LogP contribution in [0.4, 0.5) is 14.5 Å². The molecular formula is C9H11F2N5. The van der Waals surface area contributed by atoms with Gasteiger partial charge in [-0.15, -0.1) is 0 Å². The molecule has 0 heterocycles. The topological polar surface area (TPSA) is 103 Å². The van der Waals surface area contributed by atoms with Crippen molar-refractivity contribution in [2.45, 2.75) is 6.92 Å². The molecule has 0 aliphatic carbocycles. The van der Waals surface area contributed by atoms with Crippen LogP contribution in [-0.2, 0) is 0 Å². The Morgan fingerprint density at radius 3 is 2.06 bits per heavy atom. The van der Waals surface area contributed by atoms with E-state index in [0.717, 1.165) is 12.1 Å². The van der Waals surface area contributed by atoms with Crippen molar-refractivity contribution in [3.05, 3.63) is 29.3 Å². The Kier molecular flexibility index (Phi) is 3.39. The first-order valence-corrected chi connectivity index (χ1v) is 4.29. The fourth-order valence-corrected chi connectivity index (χ4v) is 1.07. The van der Waals surface area contributed by atoms with E-state index in [1.54, 1.807) is 6.92 Å². The third kappa shape index (κ3) is 2.91. The summed E-state index contributed by atoms with van der Waals surface area (Å²) in [5, 5.41) is 0. The van der Waals surface area contributed by atoms with Gasteiger partial charge in [-0.1, -0.05) is 0 Å². The lowest BCUT2D eigenvalue weighted by molar-refractivity contribution is 0.585. The average Bonchev–Trinajstić information content (AvgIpc) is 2.09. The van der Waals surface area contributed by atoms with Crippen molar-refractivity contribution in [3.8, 4) is 0 Å². The van der Waals surface area contributed by atoms with Gasteiger partial charge in [-0.25, -0.2) is 13.8 Å². The fourth-order valence-electron chi connectivity index (χ4n) is 1.07. The molecule has 86 valence electrons. The van der Waals surface area contributed by atoms with Crippen LogP contribution in [0.2, 0.25) is 0 Å². The van der Waals surface area contributed by atoms with Crippen molar-refractivity contribution in [1.82, 2.24) is 0 Å². The molecule has 6 N–H and O–H groups in total. The zero-order valence-electron chi connectivity index (χ0n) is 8.54. The number of aryl methyl sites for hydroxylation is 1. The highest BCUT2D eigenvalue weighted by Crippen LogP contribution is 2.23. The van der Waals surface area contributed by atoms with Crippen LogP contribution in [0.25, 0.3) is 0 Å². The van der Waals surface area contributed by atoms with Gasteiger partial charge in [0, 0.05) is 0 Å². The van der Waals surface area contributed by atoms with Gasteiger partial charge in [0.15, 0.2) is 17.6 Å². The Morgan fingerprint density at radius 1 is 1.12 bits per heavy atom. The highest BCUT2D eigenvalue weighted by atomic mass is 19.1. The molecule has 16 heavy (non-hydrogen) atoms. The Labute approximate surface area is 90.7 Å². The van der Waals surface area contributed by atoms with Gasteiger partial charge in [-0.3, -0.25) is 0 Å². The highest BCUT2D eigenvalue weighted by molar-refractivity contribution is 5.93. The highest BCUT2D eigenvalue weighted by Gasteiger charge is 2.09. The number of nitrogens with two attached hydrogens (primary N) is 3. The minimum absolute atomic E-state index is 0.339. The second-order valence-corrected chi connectivity index (χ2v) is 3.08. The predicted molar refractivity (Wildman–Crippen MR) is 58.2 cm³/mol. The number of nitrogens with zero attached hydrogens (tertiary/aromatic N) is 2. The predicted octanol–water partition coefficient (Wildman–Crippen LogP) is 0.493. The van der Waals surface area contributed by atoms with Crippen LogP contribution in [0.5, 0.6) is 0 Å². The molecule has 0 unspecified atom stereocenters. The lowest BCUT2D eigenvalue weighted by Gasteiger charge is -2.01. The van der Waals surface area contributed by atoms with E-state index in [1.807, 2.05) is 0 Å². The van der Waals surface area contributed by atoms with Gasteiger partial charge < -0.3 is 17.2 Å². The summed E-state index contributed by atoms with van der Waals surface area (Å²) >= 11 is 0. The van der Waals surface area contributed by atoms with Gasteiger partial charge in [-0.05, 0) is 24.6 Å². The normalized spacial score (nSPS) is 11.3. The minimum atomic E-state index is -0.828. The van der Waals surface area contributed by atoms with Crippen molar-refractivity contribution in [2.75, 3.05) is 0 Å². The lowest BCUT2D eigenvalue weighted by atomic mass is 10.2. The van der Waals surface area contributed by atoms with Crippen LogP contribution in [0.15, 0.2) is 22.1 Å². The molecule has 0 spiro atoms. The standard InChI is InChI=1S/C9H11F2N5/c1-4-2-5(10)7(6(11)3-4)15-9(14)16-8(12)13/h2-3H,1H3,(H6,12,13,14,15,16). The molecule has 0 radical (unpaired) electrons. The summed E-state index contributed by atoms with van der Waals surface area (Å²) in [5.41, 5.74) is 15.2. The van der Waals surface area contributed by atoms with Crippen molar-refractivity contribution >= 4 is 17.6 Å². The van der Waals surface area contributed by atoms with E-state index in [1.165, 1.54) is 0 Å². The molecule has 1 aromatic rings. The Hall–Kier alpha value is -2.18. The van der Waals surface area contributed by atoms with Crippen LogP contribution < -0.4 is 17.2 Å². The monoisotopic (exact) mass is 227 g/mol. The Morgan fingerprint density at radius 2 is 1.62 bits per heavy atom. The summed E-state index contributed by atoms with van der Waals surface area (Å²) < 4.78 is 26.6. The molecule has 1 aromatic carbocycles. The molecule has 0 saturated carbocycles. The molecule has 5 nitrogen and oxygen atoms in total. The Bertz CT molecular complexity index is 440. The van der Waals surface area contributed by atoms with E-state index in [9.17, 15) is 8.78 Å². The van der Waals surface area contributed by atoms with Crippen LogP contribution in [-0.4, -0.2) is 11.9 Å². The SMILES string of the molecule is Cc1cc(F)c(N=C(N)N=C(N)N)c(F)c1. The zero-order chi connectivity index (χ0) is 12.3. The van der Waals surface area contributed by atoms with Crippen LogP contribution in [0.3, 0.4) is 0 Å². The number of aliphatic imine (C=N–C) groups is 2. The summed E-state index contributed by atoms with van der Waals surface area (Å²) in [6, 6.07) is 2.26. The van der Waals surface area contributed by atoms with Crippen LogP contribution >= 0.6 is 0 Å². The third-order valence-corrected chi connectivity index (χ3v) is 1.63. The van der Waals surface area contributed by atoms with Crippen molar-refractivity contribution in [1.29, 1.82) is 0 Å². The summed E-state index contributed by atoms with van der Waals surface area (Å²) in [7, 11) is 0. The number of halogens is 2. The first kappa shape index (κ1) is 11.9. The molecule has 0 aromatic heterocycles. The van der Waals surface area contributed by atoms with Crippen molar-refractivity contribution in [3.63, 3.8) is 0 Å². The van der Waals surface area contributed by atoms with Gasteiger partial charge in [0.2, 0.25) is 5.96 Å². The summed E-state index contributed by atoms with van der Waals surface area (Å²) in [4.78, 5) is 6.78. The zero-order valence-corrected chi connectivity index (χ0v) is 8.54. The van der Waals surface area contributed by atoms with E-state index in [-0.39, 0.29) is 5.96 Å². The summed E-state index contributed by atoms with van der Waals surface area (Å²) in [6.45, 7) is 1.55. The largest absolute Gasteiger partial charge is 0.370 e. The van der Waals surface area contributed by atoms with Gasteiger partial charge in [0.05, 0.1) is 0 Å². The number of benzene rings is 1. The molecule has 0 bridgehead atoms. The molecular weight excluding hydrogens is 216 g/mol. The van der Waals surface area contributed by atoms with Crippen LogP contribution in [0.1, 0.15) is 5.56 Å². The first-order valence-electron chi connectivity index (χ1n) is 4.29. The molecule has 7 heteroatoms. The lowest BCUT2D eigenvalue weighted by Crippen LogP contribution is -2.26. The molecule has 0 aliphatic rings. The number of hydrogen-bond donors (Lipinski definition) is 3. The minimum Gasteiger partial charge on any atom is -0.370 e. The van der Waals surface area contributed by atoms with E-state index in [0.29, 0.717) is 5.56 Å². The van der Waals surface area contributed by atoms with Crippen LogP contribution in [0, 0.1) is 18.6 Å². The quantitative estimate of drug-likeness (QED) is 0.480. The molecule has 1 rings (SSSR count). The fraction of sp³-hybridized carbons (Fsp3) is 0.111. The van der Waals surface area contributed by atoms with Gasteiger partial charge in [0.25, 0.3) is 0 Å². The smallest absolute Gasteiger partial charge is 0.223 e. The molecule has 0 atom stereocenters. The average molecular weight is 227 g/mol. The van der Waals surface area contributed by atoms with Crippen molar-refractivity contribution in [2.24, 2.45) is 27.2 Å². The second kappa shape index (κ2) is 4.56. The van der Waals surface area contributed by atoms with Gasteiger partial charge in [0.1, 0.15) is 5.69 Å². The first-order chi connectivity index (χ1) is 7.40. The maximum Gasteiger partial charge on any atom is 0.223 e. The summed E-state index contributed by atoms with van der Waals surface area (Å²) in [5.74, 6) is -2.41. The summed E-state index contributed by atoms with van der Waals surface area (Å²) in [6.07, 6.45) is 0. The van der Waals surface area contributed by atoms with E-state index in [2.05, 4.69) is 9.98 Å². The van der Waals surface area contributed by atoms with Crippen molar-refractivity contribution < 1.29 is 8.78 Å². The molecule has 0 aliphatic heterocycles. The third-order valence-electron chi connectivity index (χ3n) is 1.63. The van der Waals surface area contributed by atoms with E-state index in [4.69, 9.17) is 17.2 Å². The molecule has 0 amide bonds. The number of hydrogen-bond acceptors (Lipinski definition) is 1. The maximum absolute atomic E-state index is 13.3. The number of guanidine groups is 2. The second-order valence-electron chi connectivity index (χ2n) is 3.08. The van der Waals surface area contributed by atoms with E-state index < -0.39 is 23.3 Å². The van der Waals surface area contributed by atoms with Gasteiger partial charge >= 0.3 is 0 Å². The Balaban J connectivity index is 3.20.